The van der Waals surface area contributed by atoms with Crippen LogP contribution in [0, 0.1) is 0 Å². The van der Waals surface area contributed by atoms with Crippen LogP contribution in [-0.2, 0) is 16.0 Å². The highest BCUT2D eigenvalue weighted by Gasteiger charge is 2.15. The quantitative estimate of drug-likeness (QED) is 0.787. The number of carbonyl (C=O) groups excluding carboxylic acids is 2. The van der Waals surface area contributed by atoms with Crippen molar-refractivity contribution < 1.29 is 9.59 Å². The second kappa shape index (κ2) is 8.93. The minimum atomic E-state index is -0.136. The van der Waals surface area contributed by atoms with Gasteiger partial charge in [0.2, 0.25) is 11.8 Å². The van der Waals surface area contributed by atoms with Crippen molar-refractivity contribution >= 4 is 27.7 Å². The normalized spacial score (nSPS) is 15.9. The summed E-state index contributed by atoms with van der Waals surface area (Å²) in [6, 6.07) is 7.88. The highest BCUT2D eigenvalue weighted by molar-refractivity contribution is 9.10. The molecule has 0 aromatic heterocycles. The lowest BCUT2D eigenvalue weighted by Crippen LogP contribution is -2.42. The van der Waals surface area contributed by atoms with Gasteiger partial charge in [-0.25, -0.2) is 0 Å². The minimum absolute atomic E-state index is 0.0553. The average molecular weight is 367 g/mol. The summed E-state index contributed by atoms with van der Waals surface area (Å²) in [5.41, 5.74) is 0.921. The lowest BCUT2D eigenvalue weighted by atomic mass is 10.1. The van der Waals surface area contributed by atoms with Crippen LogP contribution in [-0.4, -0.2) is 24.4 Å². The van der Waals surface area contributed by atoms with E-state index in [0.29, 0.717) is 0 Å². The van der Waals surface area contributed by atoms with Crippen molar-refractivity contribution in [1.29, 1.82) is 0 Å². The molecule has 0 spiro atoms. The van der Waals surface area contributed by atoms with Gasteiger partial charge < -0.3 is 10.6 Å². The lowest BCUT2D eigenvalue weighted by Gasteiger charge is -2.16. The van der Waals surface area contributed by atoms with Crippen molar-refractivity contribution in [2.45, 2.75) is 51.0 Å². The molecule has 0 atom stereocenters. The average Bonchev–Trinajstić information content (AvgIpc) is 2.76. The summed E-state index contributed by atoms with van der Waals surface area (Å²) in [4.78, 5) is 23.8. The van der Waals surface area contributed by atoms with E-state index >= 15 is 0 Å². The lowest BCUT2D eigenvalue weighted by molar-refractivity contribution is -0.126. The van der Waals surface area contributed by atoms with Crippen molar-refractivity contribution in [3.05, 3.63) is 34.3 Å². The standard InChI is InChI=1S/C17H23BrN2O2/c18-15-10-6-5-7-13(15)11-16(21)19-12-17(22)20-14-8-3-1-2-4-9-14/h5-7,10,14H,1-4,8-9,11-12H2,(H,19,21)(H,20,22). The molecular formula is C17H23BrN2O2. The number of benzene rings is 1. The van der Waals surface area contributed by atoms with Gasteiger partial charge >= 0.3 is 0 Å². The molecule has 2 N–H and O–H groups in total. The van der Waals surface area contributed by atoms with E-state index in [2.05, 4.69) is 26.6 Å². The fourth-order valence-electron chi connectivity index (χ4n) is 2.76. The number of nitrogens with one attached hydrogen (secondary N) is 2. The number of hydrogen-bond acceptors (Lipinski definition) is 2. The monoisotopic (exact) mass is 366 g/mol. The number of rotatable bonds is 5. The SMILES string of the molecule is O=C(Cc1ccccc1Br)NCC(=O)NC1CCCCCC1. The van der Waals surface area contributed by atoms with Gasteiger partial charge in [-0.2, -0.15) is 0 Å². The molecule has 1 aliphatic carbocycles. The minimum Gasteiger partial charge on any atom is -0.352 e. The van der Waals surface area contributed by atoms with Crippen LogP contribution in [0.25, 0.3) is 0 Å². The Balaban J connectivity index is 1.71. The molecule has 22 heavy (non-hydrogen) atoms. The Labute approximate surface area is 140 Å². The molecule has 2 rings (SSSR count). The molecule has 4 nitrogen and oxygen atoms in total. The molecule has 1 aromatic rings. The largest absolute Gasteiger partial charge is 0.352 e. The molecule has 1 fully saturated rings. The van der Waals surface area contributed by atoms with E-state index in [1.54, 1.807) is 0 Å². The zero-order valence-electron chi connectivity index (χ0n) is 12.7. The Morgan fingerprint density at radius 1 is 1.05 bits per heavy atom. The summed E-state index contributed by atoms with van der Waals surface area (Å²) in [7, 11) is 0. The molecule has 0 bridgehead atoms. The molecule has 0 radical (unpaired) electrons. The van der Waals surface area contributed by atoms with E-state index in [1.807, 2.05) is 24.3 Å². The van der Waals surface area contributed by atoms with E-state index in [9.17, 15) is 9.59 Å². The van der Waals surface area contributed by atoms with Crippen LogP contribution < -0.4 is 10.6 Å². The molecule has 0 aliphatic heterocycles. The number of hydrogen-bond donors (Lipinski definition) is 2. The maximum Gasteiger partial charge on any atom is 0.239 e. The Kier molecular flexibility index (Phi) is 6.90. The van der Waals surface area contributed by atoms with Gasteiger partial charge in [-0.05, 0) is 24.5 Å². The summed E-state index contributed by atoms with van der Waals surface area (Å²) in [6.45, 7) is 0.0553. The van der Waals surface area contributed by atoms with Gasteiger partial charge in [-0.15, -0.1) is 0 Å². The second-order valence-corrected chi connectivity index (χ2v) is 6.66. The molecular weight excluding hydrogens is 344 g/mol. The van der Waals surface area contributed by atoms with Crippen molar-refractivity contribution in [2.24, 2.45) is 0 Å². The summed E-state index contributed by atoms with van der Waals surface area (Å²) in [5, 5.41) is 5.72. The molecule has 1 aliphatic rings. The summed E-state index contributed by atoms with van der Waals surface area (Å²) < 4.78 is 0.910. The Morgan fingerprint density at radius 2 is 1.73 bits per heavy atom. The first-order valence-electron chi connectivity index (χ1n) is 7.94. The third kappa shape index (κ3) is 5.79. The first kappa shape index (κ1) is 17.0. The van der Waals surface area contributed by atoms with Crippen molar-refractivity contribution in [2.75, 3.05) is 6.54 Å². The predicted molar refractivity (Wildman–Crippen MR) is 90.5 cm³/mol. The first-order chi connectivity index (χ1) is 10.6. The smallest absolute Gasteiger partial charge is 0.239 e. The van der Waals surface area contributed by atoms with Crippen LogP contribution in [0.2, 0.25) is 0 Å². The van der Waals surface area contributed by atoms with Gasteiger partial charge in [0.25, 0.3) is 0 Å². The number of amides is 2. The molecule has 0 unspecified atom stereocenters. The van der Waals surface area contributed by atoms with Crippen molar-refractivity contribution in [1.82, 2.24) is 10.6 Å². The van der Waals surface area contributed by atoms with Gasteiger partial charge in [0.05, 0.1) is 13.0 Å². The van der Waals surface area contributed by atoms with E-state index in [0.717, 1.165) is 22.9 Å². The topological polar surface area (TPSA) is 58.2 Å². The Morgan fingerprint density at radius 3 is 2.41 bits per heavy atom. The third-order valence-corrected chi connectivity index (χ3v) is 4.75. The maximum absolute atomic E-state index is 11.9. The molecule has 1 aromatic carbocycles. The number of halogens is 1. The van der Waals surface area contributed by atoms with Gasteiger partial charge in [0.15, 0.2) is 0 Å². The molecule has 0 saturated heterocycles. The van der Waals surface area contributed by atoms with Gasteiger partial charge in [0.1, 0.15) is 0 Å². The maximum atomic E-state index is 11.9. The van der Waals surface area contributed by atoms with E-state index in [4.69, 9.17) is 0 Å². The molecule has 2 amide bonds. The van der Waals surface area contributed by atoms with Crippen LogP contribution >= 0.6 is 15.9 Å². The van der Waals surface area contributed by atoms with Crippen LogP contribution in [0.4, 0.5) is 0 Å². The summed E-state index contributed by atoms with van der Waals surface area (Å²) in [6.07, 6.45) is 7.26. The molecule has 1 saturated carbocycles. The van der Waals surface area contributed by atoms with Gasteiger partial charge in [-0.1, -0.05) is 59.8 Å². The number of carbonyl (C=O) groups is 2. The fraction of sp³-hybridized carbons (Fsp3) is 0.529. The second-order valence-electron chi connectivity index (χ2n) is 5.80. The summed E-state index contributed by atoms with van der Waals surface area (Å²) in [5.74, 6) is -0.227. The van der Waals surface area contributed by atoms with E-state index in [-0.39, 0.29) is 30.8 Å². The highest BCUT2D eigenvalue weighted by Crippen LogP contribution is 2.17. The Hall–Kier alpha value is -1.36. The van der Waals surface area contributed by atoms with Crippen molar-refractivity contribution in [3.8, 4) is 0 Å². The van der Waals surface area contributed by atoms with Gasteiger partial charge in [-0.3, -0.25) is 9.59 Å². The predicted octanol–water partition coefficient (Wildman–Crippen LogP) is 2.95. The molecule has 120 valence electrons. The van der Waals surface area contributed by atoms with Crippen LogP contribution in [0.15, 0.2) is 28.7 Å². The van der Waals surface area contributed by atoms with Crippen LogP contribution in [0.3, 0.4) is 0 Å². The van der Waals surface area contributed by atoms with E-state index in [1.165, 1.54) is 25.7 Å². The molecule has 0 heterocycles. The zero-order valence-corrected chi connectivity index (χ0v) is 14.3. The van der Waals surface area contributed by atoms with E-state index < -0.39 is 0 Å². The fourth-order valence-corrected chi connectivity index (χ4v) is 3.18. The summed E-state index contributed by atoms with van der Waals surface area (Å²) >= 11 is 3.42. The van der Waals surface area contributed by atoms with Crippen LogP contribution in [0.1, 0.15) is 44.1 Å². The third-order valence-electron chi connectivity index (χ3n) is 3.98. The highest BCUT2D eigenvalue weighted by atomic mass is 79.9. The first-order valence-corrected chi connectivity index (χ1v) is 8.74. The van der Waals surface area contributed by atoms with Crippen molar-refractivity contribution in [3.63, 3.8) is 0 Å². The Bertz CT molecular complexity index is 511. The zero-order chi connectivity index (χ0) is 15.8. The van der Waals surface area contributed by atoms with Gasteiger partial charge in [0, 0.05) is 10.5 Å². The molecule has 5 heteroatoms. The van der Waals surface area contributed by atoms with Crippen LogP contribution in [0.5, 0.6) is 0 Å².